The Balaban J connectivity index is -0.0000000800. The van der Waals surface area contributed by atoms with Crippen LogP contribution in [0.5, 0.6) is 0 Å². The van der Waals surface area contributed by atoms with Gasteiger partial charge in [-0.15, -0.1) is 0 Å². The van der Waals surface area contributed by atoms with E-state index in [1.807, 2.05) is 0 Å². The van der Waals surface area contributed by atoms with Crippen LogP contribution in [0, 0.1) is 0 Å². The number of rotatable bonds is 0. The number of hydrogen-bond donors (Lipinski definition) is 0. The predicted molar refractivity (Wildman–Crippen MR) is 13.4 cm³/mol. The van der Waals surface area contributed by atoms with Gasteiger partial charge in [0.15, 0.2) is 0 Å². The van der Waals surface area contributed by atoms with Crippen molar-refractivity contribution >= 4 is 34.0 Å². The summed E-state index contributed by atoms with van der Waals surface area (Å²) in [6.45, 7) is 0. The van der Waals surface area contributed by atoms with Crippen LogP contribution in [0.25, 0.3) is 0 Å². The number of hydrogen-bond acceptors (Lipinski definition) is 4. The van der Waals surface area contributed by atoms with Crippen molar-refractivity contribution in [1.29, 1.82) is 0 Å². The maximum Gasteiger partial charge on any atom is 3.00 e. The van der Waals surface area contributed by atoms with E-state index in [4.69, 9.17) is 19.2 Å². The van der Waals surface area contributed by atoms with Crippen LogP contribution in [-0.2, 0) is 26.9 Å². The van der Waals surface area contributed by atoms with Gasteiger partial charge in [0.05, 0.1) is 0 Å². The summed E-state index contributed by atoms with van der Waals surface area (Å²) in [6, 6.07) is 0. The van der Waals surface area contributed by atoms with Gasteiger partial charge in [0.25, 0.3) is 0 Å². The van der Waals surface area contributed by atoms with E-state index in [-0.39, 0.29) is 48.6 Å². The average molecular weight is 412 g/mol. The topological polar surface area (TPSA) is 86.2 Å². The van der Waals surface area contributed by atoms with E-state index in [0.29, 0.717) is 0 Å². The summed E-state index contributed by atoms with van der Waals surface area (Å²) in [5, 5.41) is 0. The van der Waals surface area contributed by atoms with Gasteiger partial charge in [-0.05, 0) is 0 Å². The van der Waals surface area contributed by atoms with E-state index in [2.05, 4.69) is 0 Å². The van der Waals surface area contributed by atoms with E-state index >= 15 is 0 Å². The molecule has 0 atom stereocenters. The first-order valence-electron chi connectivity index (χ1n) is 0.730. The molecule has 0 bridgehead atoms. The van der Waals surface area contributed by atoms with Gasteiger partial charge in [-0.2, -0.15) is 7.82 Å². The minimum Gasteiger partial charge on any atom is -0.822 e. The summed E-state index contributed by atoms with van der Waals surface area (Å²) in [4.78, 5) is 25.6. The van der Waals surface area contributed by atoms with Gasteiger partial charge in [0.1, 0.15) is 0 Å². The second-order valence-corrected chi connectivity index (χ2v) is 1.34. The van der Waals surface area contributed by atoms with Gasteiger partial charge >= 0.3 is 48.6 Å². The molecule has 4 nitrogen and oxygen atoms in total. The van der Waals surface area contributed by atoms with Crippen molar-refractivity contribution in [2.45, 2.75) is 0 Å². The Morgan fingerprint density at radius 3 is 1.14 bits per heavy atom. The summed E-state index contributed by atoms with van der Waals surface area (Å²) in [7, 11) is -5.39. The molecule has 44 valence electrons. The molecule has 7 heavy (non-hydrogen) atoms. The Bertz CT molecular complexity index is 57.8. The van der Waals surface area contributed by atoms with E-state index in [9.17, 15) is 0 Å². The van der Waals surface area contributed by atoms with Gasteiger partial charge in [0, 0.05) is 0 Å². The predicted octanol–water partition coefficient (Wildman–Crippen LogP) is -3.21. The van der Waals surface area contributed by atoms with E-state index in [0.717, 1.165) is 0 Å². The molecule has 0 aromatic carbocycles. The quantitative estimate of drug-likeness (QED) is 0.310. The second-order valence-electron chi connectivity index (χ2n) is 0.447. The Morgan fingerprint density at radius 1 is 1.14 bits per heavy atom. The van der Waals surface area contributed by atoms with Gasteiger partial charge in [-0.1, -0.05) is 0 Å². The van der Waals surface area contributed by atoms with Crippen LogP contribution in [-0.4, -0.2) is 26.2 Å². The molecule has 0 N–H and O–H groups in total. The third-order valence-corrected chi connectivity index (χ3v) is 0. The minimum atomic E-state index is -5.39. The van der Waals surface area contributed by atoms with Gasteiger partial charge < -0.3 is 19.2 Å². The first kappa shape index (κ1) is 15.9. The molecule has 0 saturated heterocycles. The van der Waals surface area contributed by atoms with Gasteiger partial charge in [-0.25, -0.2) is 0 Å². The maximum atomic E-state index is 8.55. The van der Waals surface area contributed by atoms with Crippen LogP contribution >= 0.6 is 7.82 Å². The van der Waals surface area contributed by atoms with E-state index in [1.165, 1.54) is 0 Å². The average Bonchev–Trinajstić information content (AvgIpc) is 0.722. The van der Waals surface area contributed by atoms with Crippen molar-refractivity contribution in [3.8, 4) is 0 Å². The fourth-order valence-corrected chi connectivity index (χ4v) is 0. The molecule has 0 saturated carbocycles. The number of phosphoric acid groups is 1. The Labute approximate surface area is 75.2 Å². The molecule has 0 fully saturated rings. The molecular formula is AgBiO4P+. The SMILES string of the molecule is O=P([O-])([O-])[O-].[Ag+].[Bi+3]. The van der Waals surface area contributed by atoms with Crippen molar-refractivity contribution in [2.24, 2.45) is 0 Å². The standard InChI is InChI=1S/Ag.Bi.H3O4P/c;;1-5(2,3)4/h;;(H3,1,2,3,4)/q+1;+3;/p-3. The van der Waals surface area contributed by atoms with Crippen molar-refractivity contribution < 1.29 is 41.6 Å². The summed E-state index contributed by atoms with van der Waals surface area (Å²) in [5.74, 6) is 0. The zero-order chi connectivity index (χ0) is 4.50. The largest absolute Gasteiger partial charge is 3.00 e. The molecule has 0 aromatic heterocycles. The molecule has 0 amide bonds. The van der Waals surface area contributed by atoms with Crippen molar-refractivity contribution in [1.82, 2.24) is 0 Å². The van der Waals surface area contributed by atoms with Crippen molar-refractivity contribution in [2.75, 3.05) is 0 Å². The maximum absolute atomic E-state index is 8.55. The smallest absolute Gasteiger partial charge is 0.822 e. The first-order valence-corrected chi connectivity index (χ1v) is 2.19. The molecule has 0 heterocycles. The normalized spacial score (nSPS) is 8.43. The molecule has 0 unspecified atom stereocenters. The molecule has 0 aliphatic carbocycles. The first-order chi connectivity index (χ1) is 2.00. The van der Waals surface area contributed by atoms with Crippen LogP contribution in [0.2, 0.25) is 0 Å². The van der Waals surface area contributed by atoms with Crippen LogP contribution in [0.15, 0.2) is 0 Å². The monoisotopic (exact) mass is 411 g/mol. The third-order valence-electron chi connectivity index (χ3n) is 0. The van der Waals surface area contributed by atoms with Gasteiger partial charge in [0.2, 0.25) is 0 Å². The second kappa shape index (κ2) is 5.86. The van der Waals surface area contributed by atoms with Crippen molar-refractivity contribution in [3.05, 3.63) is 0 Å². The fourth-order valence-electron chi connectivity index (χ4n) is 0. The molecule has 7 heteroatoms. The summed E-state index contributed by atoms with van der Waals surface area (Å²) in [5.41, 5.74) is 0. The molecule has 0 aliphatic rings. The van der Waals surface area contributed by atoms with Crippen LogP contribution in [0.1, 0.15) is 0 Å². The van der Waals surface area contributed by atoms with Crippen LogP contribution in [0.4, 0.5) is 0 Å². The fraction of sp³-hybridized carbons (Fsp3) is 0. The summed E-state index contributed by atoms with van der Waals surface area (Å²) >= 11 is 0. The Kier molecular flexibility index (Phi) is 13.3. The Hall–Kier alpha value is 1.73. The molecule has 0 spiro atoms. The summed E-state index contributed by atoms with van der Waals surface area (Å²) in [6.07, 6.45) is 0. The summed E-state index contributed by atoms with van der Waals surface area (Å²) < 4.78 is 8.55. The van der Waals surface area contributed by atoms with Crippen LogP contribution in [0.3, 0.4) is 0 Å². The third kappa shape index (κ3) is 84.6. The van der Waals surface area contributed by atoms with E-state index in [1.54, 1.807) is 0 Å². The minimum absolute atomic E-state index is 0. The van der Waals surface area contributed by atoms with Crippen molar-refractivity contribution in [3.63, 3.8) is 0 Å². The van der Waals surface area contributed by atoms with Gasteiger partial charge in [-0.3, -0.25) is 0 Å². The molecule has 0 aliphatic heterocycles. The molecule has 0 rings (SSSR count). The Morgan fingerprint density at radius 2 is 1.14 bits per heavy atom. The zero-order valence-electron chi connectivity index (χ0n) is 2.83. The molecule has 2 radical (unpaired) electrons. The molecule has 0 aromatic rings. The molecular weight excluding hydrogens is 412 g/mol. The van der Waals surface area contributed by atoms with Crippen LogP contribution < -0.4 is 14.7 Å². The zero-order valence-corrected chi connectivity index (χ0v) is 8.68. The van der Waals surface area contributed by atoms with E-state index < -0.39 is 7.82 Å².